The van der Waals surface area contributed by atoms with Crippen molar-refractivity contribution < 1.29 is 5.11 Å². The summed E-state index contributed by atoms with van der Waals surface area (Å²) >= 11 is 0. The minimum absolute atomic E-state index is 0.0575. The van der Waals surface area contributed by atoms with Gasteiger partial charge in [0, 0.05) is 58.1 Å². The highest BCUT2D eigenvalue weighted by Crippen LogP contribution is 2.14. The van der Waals surface area contributed by atoms with Crippen LogP contribution in [0.25, 0.3) is 0 Å². The molecular weight excluding hydrogens is 302 g/mol. The molecule has 1 N–H and O–H groups in total. The Labute approximate surface area is 142 Å². The van der Waals surface area contributed by atoms with Crippen LogP contribution in [0.5, 0.6) is 0 Å². The molecule has 5 heteroatoms. The second kappa shape index (κ2) is 8.24. The molecule has 0 amide bonds. The maximum atomic E-state index is 11.7. The van der Waals surface area contributed by atoms with Crippen LogP contribution in [0.15, 0.2) is 59.5 Å². The number of aromatic nitrogens is 1. The Morgan fingerprint density at radius 1 is 0.875 bits per heavy atom. The zero-order chi connectivity index (χ0) is 16.8. The first-order valence-corrected chi connectivity index (χ1v) is 8.55. The van der Waals surface area contributed by atoms with Crippen LogP contribution in [-0.4, -0.2) is 58.7 Å². The smallest absolute Gasteiger partial charge is 0.250 e. The summed E-state index contributed by atoms with van der Waals surface area (Å²) in [6, 6.07) is 15.1. The second-order valence-electron chi connectivity index (χ2n) is 6.30. The SMILES string of the molecule is O=c1ccccn1CCN1CCN(C[C@@H](O)c2ccccc2)CC1. The molecule has 0 aliphatic carbocycles. The third kappa shape index (κ3) is 4.54. The number of nitrogens with zero attached hydrogens (tertiary/aromatic N) is 3. The number of pyridine rings is 1. The van der Waals surface area contributed by atoms with E-state index in [4.69, 9.17) is 0 Å². The van der Waals surface area contributed by atoms with Crippen molar-refractivity contribution in [3.63, 3.8) is 0 Å². The molecule has 0 bridgehead atoms. The molecule has 1 aromatic heterocycles. The van der Waals surface area contributed by atoms with Gasteiger partial charge in [0.15, 0.2) is 0 Å². The molecule has 0 spiro atoms. The molecule has 5 nitrogen and oxygen atoms in total. The van der Waals surface area contributed by atoms with Crippen molar-refractivity contribution in [3.05, 3.63) is 70.6 Å². The van der Waals surface area contributed by atoms with E-state index in [0.29, 0.717) is 6.54 Å². The predicted octanol–water partition coefficient (Wildman–Crippen LogP) is 1.20. The van der Waals surface area contributed by atoms with Crippen LogP contribution in [-0.2, 0) is 6.54 Å². The number of hydrogen-bond donors (Lipinski definition) is 1. The summed E-state index contributed by atoms with van der Waals surface area (Å²) in [4.78, 5) is 16.4. The van der Waals surface area contributed by atoms with E-state index in [0.717, 1.165) is 44.8 Å². The quantitative estimate of drug-likeness (QED) is 0.866. The van der Waals surface area contributed by atoms with Crippen molar-refractivity contribution in [2.75, 3.05) is 39.3 Å². The lowest BCUT2D eigenvalue weighted by molar-refractivity contribution is 0.0713. The minimum atomic E-state index is -0.430. The molecule has 0 saturated carbocycles. The molecule has 1 aliphatic rings. The highest BCUT2D eigenvalue weighted by molar-refractivity contribution is 5.17. The molecule has 1 aromatic carbocycles. The first-order chi connectivity index (χ1) is 11.7. The second-order valence-corrected chi connectivity index (χ2v) is 6.30. The van der Waals surface area contributed by atoms with Gasteiger partial charge in [0.25, 0.3) is 5.56 Å². The first-order valence-electron chi connectivity index (χ1n) is 8.55. The number of β-amino-alcohol motifs (C(OH)–C–C–N with tert-alkyl or cyclic N) is 1. The monoisotopic (exact) mass is 327 g/mol. The van der Waals surface area contributed by atoms with Crippen LogP contribution in [0.2, 0.25) is 0 Å². The van der Waals surface area contributed by atoms with Gasteiger partial charge in [-0.15, -0.1) is 0 Å². The van der Waals surface area contributed by atoms with Gasteiger partial charge < -0.3 is 9.67 Å². The van der Waals surface area contributed by atoms with E-state index in [2.05, 4.69) is 9.80 Å². The average Bonchev–Trinajstić information content (AvgIpc) is 2.63. The van der Waals surface area contributed by atoms with Crippen LogP contribution < -0.4 is 5.56 Å². The zero-order valence-corrected chi connectivity index (χ0v) is 13.9. The molecule has 0 radical (unpaired) electrons. The molecule has 1 aliphatic heterocycles. The molecule has 128 valence electrons. The van der Waals surface area contributed by atoms with Gasteiger partial charge in [0.05, 0.1) is 6.10 Å². The molecule has 3 rings (SSSR count). The summed E-state index contributed by atoms with van der Waals surface area (Å²) in [5.74, 6) is 0. The van der Waals surface area contributed by atoms with Gasteiger partial charge >= 0.3 is 0 Å². The topological polar surface area (TPSA) is 48.7 Å². The third-order valence-corrected chi connectivity index (χ3v) is 4.64. The molecule has 2 heterocycles. The minimum Gasteiger partial charge on any atom is -0.387 e. The Kier molecular flexibility index (Phi) is 5.80. The van der Waals surface area contributed by atoms with E-state index in [-0.39, 0.29) is 5.56 Å². The lowest BCUT2D eigenvalue weighted by atomic mass is 10.1. The van der Waals surface area contributed by atoms with Crippen molar-refractivity contribution in [1.82, 2.24) is 14.4 Å². The van der Waals surface area contributed by atoms with E-state index < -0.39 is 6.10 Å². The van der Waals surface area contributed by atoms with Gasteiger partial charge in [-0.25, -0.2) is 0 Å². The molecular formula is C19H25N3O2. The number of hydrogen-bond acceptors (Lipinski definition) is 4. The maximum Gasteiger partial charge on any atom is 0.250 e. The van der Waals surface area contributed by atoms with Gasteiger partial charge in [-0.1, -0.05) is 36.4 Å². The van der Waals surface area contributed by atoms with E-state index in [1.807, 2.05) is 42.6 Å². The molecule has 0 unspecified atom stereocenters. The molecule has 1 saturated heterocycles. The van der Waals surface area contributed by atoms with E-state index >= 15 is 0 Å². The third-order valence-electron chi connectivity index (χ3n) is 4.64. The highest BCUT2D eigenvalue weighted by Gasteiger charge is 2.19. The molecule has 1 fully saturated rings. The Bertz CT molecular complexity index is 678. The van der Waals surface area contributed by atoms with Crippen LogP contribution in [0.4, 0.5) is 0 Å². The number of aliphatic hydroxyl groups excluding tert-OH is 1. The van der Waals surface area contributed by atoms with Gasteiger partial charge in [-0.05, 0) is 11.6 Å². The van der Waals surface area contributed by atoms with Crippen molar-refractivity contribution in [1.29, 1.82) is 0 Å². The van der Waals surface area contributed by atoms with Gasteiger partial charge in [0.1, 0.15) is 0 Å². The molecule has 1 atom stereocenters. The lowest BCUT2D eigenvalue weighted by Gasteiger charge is -2.35. The van der Waals surface area contributed by atoms with Gasteiger partial charge in [-0.3, -0.25) is 14.6 Å². The van der Waals surface area contributed by atoms with Crippen LogP contribution >= 0.6 is 0 Å². The van der Waals surface area contributed by atoms with E-state index in [9.17, 15) is 9.90 Å². The summed E-state index contributed by atoms with van der Waals surface area (Å²) in [6.45, 7) is 6.15. The lowest BCUT2D eigenvalue weighted by Crippen LogP contribution is -2.48. The predicted molar refractivity (Wildman–Crippen MR) is 95.0 cm³/mol. The number of piperazine rings is 1. The summed E-state index contributed by atoms with van der Waals surface area (Å²) < 4.78 is 1.76. The maximum absolute atomic E-state index is 11.7. The van der Waals surface area contributed by atoms with Crippen LogP contribution in [0.1, 0.15) is 11.7 Å². The van der Waals surface area contributed by atoms with E-state index in [1.165, 1.54) is 0 Å². The fraction of sp³-hybridized carbons (Fsp3) is 0.421. The largest absolute Gasteiger partial charge is 0.387 e. The normalized spacial score (nSPS) is 17.7. The fourth-order valence-electron chi connectivity index (χ4n) is 3.12. The molecule has 24 heavy (non-hydrogen) atoms. The Morgan fingerprint density at radius 2 is 1.54 bits per heavy atom. The van der Waals surface area contributed by atoms with Crippen LogP contribution in [0, 0.1) is 0 Å². The van der Waals surface area contributed by atoms with Crippen molar-refractivity contribution in [2.24, 2.45) is 0 Å². The van der Waals surface area contributed by atoms with Crippen molar-refractivity contribution in [2.45, 2.75) is 12.6 Å². The van der Waals surface area contributed by atoms with E-state index in [1.54, 1.807) is 16.7 Å². The summed E-state index contributed by atoms with van der Waals surface area (Å²) in [5, 5.41) is 10.3. The summed E-state index contributed by atoms with van der Waals surface area (Å²) in [5.41, 5.74) is 1.03. The Hall–Kier alpha value is -1.95. The molecule has 2 aromatic rings. The fourth-order valence-corrected chi connectivity index (χ4v) is 3.12. The van der Waals surface area contributed by atoms with Crippen molar-refractivity contribution >= 4 is 0 Å². The Morgan fingerprint density at radius 3 is 2.25 bits per heavy atom. The van der Waals surface area contributed by atoms with Gasteiger partial charge in [0.2, 0.25) is 0 Å². The number of rotatable bonds is 6. The average molecular weight is 327 g/mol. The van der Waals surface area contributed by atoms with Crippen molar-refractivity contribution in [3.8, 4) is 0 Å². The standard InChI is InChI=1S/C19H25N3O2/c23-18(17-6-2-1-3-7-17)16-21-12-10-20(11-13-21)14-15-22-9-5-4-8-19(22)24/h1-9,18,23H,10-16H2/t18-/m1/s1. The number of aliphatic hydroxyl groups is 1. The Balaban J connectivity index is 1.43. The van der Waals surface area contributed by atoms with Crippen LogP contribution in [0.3, 0.4) is 0 Å². The zero-order valence-electron chi connectivity index (χ0n) is 13.9. The first kappa shape index (κ1) is 16.9. The highest BCUT2D eigenvalue weighted by atomic mass is 16.3. The van der Waals surface area contributed by atoms with Gasteiger partial charge in [-0.2, -0.15) is 0 Å². The number of benzene rings is 1. The summed E-state index contributed by atoms with van der Waals surface area (Å²) in [6.07, 6.45) is 1.41. The summed E-state index contributed by atoms with van der Waals surface area (Å²) in [7, 11) is 0.